The van der Waals surface area contributed by atoms with E-state index in [0.717, 1.165) is 11.4 Å². The third kappa shape index (κ3) is 6.75. The average molecular weight is 378 g/mol. The molecule has 7 heteroatoms. The lowest BCUT2D eigenvalue weighted by molar-refractivity contribution is -0.120. The van der Waals surface area contributed by atoms with Crippen molar-refractivity contribution >= 4 is 36.4 Å². The van der Waals surface area contributed by atoms with E-state index in [1.807, 2.05) is 24.3 Å². The largest absolute Gasteiger partial charge is 0.495 e. The Hall–Kier alpha value is -1.17. The van der Waals surface area contributed by atoms with Crippen molar-refractivity contribution in [3.8, 4) is 5.75 Å². The van der Waals surface area contributed by atoms with Crippen LogP contribution in [0.2, 0.25) is 0 Å². The highest BCUT2D eigenvalue weighted by Gasteiger charge is 2.23. The zero-order valence-electron chi connectivity index (χ0n) is 14.1. The Morgan fingerprint density at radius 3 is 2.54 bits per heavy atom. The van der Waals surface area contributed by atoms with Gasteiger partial charge in [-0.05, 0) is 30.9 Å². The minimum absolute atomic E-state index is 0. The molecule has 1 unspecified atom stereocenters. The molecule has 0 saturated heterocycles. The number of para-hydroxylation sites is 2. The summed E-state index contributed by atoms with van der Waals surface area (Å²) in [4.78, 5) is 12.2. The summed E-state index contributed by atoms with van der Waals surface area (Å²) < 4.78 is 5.26. The van der Waals surface area contributed by atoms with Gasteiger partial charge in [0.1, 0.15) is 5.75 Å². The van der Waals surface area contributed by atoms with Crippen LogP contribution in [0.15, 0.2) is 24.3 Å². The summed E-state index contributed by atoms with van der Waals surface area (Å²) in [5.41, 5.74) is 6.67. The molecule has 24 heavy (non-hydrogen) atoms. The summed E-state index contributed by atoms with van der Waals surface area (Å²) in [7, 11) is 1.62. The number of hydrogen-bond donors (Lipinski definition) is 3. The van der Waals surface area contributed by atoms with Crippen LogP contribution in [0.5, 0.6) is 5.75 Å². The molecular weight excluding hydrogens is 349 g/mol. The molecule has 1 amide bonds. The van der Waals surface area contributed by atoms with Gasteiger partial charge in [-0.3, -0.25) is 4.79 Å². The summed E-state index contributed by atoms with van der Waals surface area (Å²) in [5.74, 6) is 1.24. The summed E-state index contributed by atoms with van der Waals surface area (Å²) >= 11 is 0. The smallest absolute Gasteiger partial charge is 0.239 e. The van der Waals surface area contributed by atoms with Crippen molar-refractivity contribution in [2.45, 2.75) is 38.1 Å². The van der Waals surface area contributed by atoms with Crippen molar-refractivity contribution in [2.24, 2.45) is 11.7 Å². The maximum Gasteiger partial charge on any atom is 0.239 e. The molecule has 0 heterocycles. The first-order valence-electron chi connectivity index (χ1n) is 8.11. The summed E-state index contributed by atoms with van der Waals surface area (Å²) in [6, 6.07) is 7.66. The molecule has 1 saturated carbocycles. The Morgan fingerprint density at radius 2 is 1.92 bits per heavy atom. The number of rotatable bonds is 7. The first kappa shape index (κ1) is 22.8. The Balaban J connectivity index is 0.00000264. The molecule has 2 rings (SSSR count). The van der Waals surface area contributed by atoms with Gasteiger partial charge in [0.05, 0.1) is 19.3 Å². The van der Waals surface area contributed by atoms with E-state index in [1.165, 1.54) is 32.1 Å². The number of carbonyl (C=O) groups excluding carboxylic acids is 1. The van der Waals surface area contributed by atoms with Gasteiger partial charge in [0.15, 0.2) is 0 Å². The Morgan fingerprint density at radius 1 is 1.25 bits per heavy atom. The second kappa shape index (κ2) is 12.2. The number of amides is 1. The molecule has 1 atom stereocenters. The van der Waals surface area contributed by atoms with E-state index in [9.17, 15) is 4.79 Å². The van der Waals surface area contributed by atoms with E-state index < -0.39 is 0 Å². The Kier molecular flexibility index (Phi) is 11.6. The van der Waals surface area contributed by atoms with Crippen LogP contribution in [-0.2, 0) is 4.79 Å². The molecule has 0 radical (unpaired) electrons. The van der Waals surface area contributed by atoms with Crippen LogP contribution in [0.4, 0.5) is 5.69 Å². The van der Waals surface area contributed by atoms with Gasteiger partial charge in [0.2, 0.25) is 5.91 Å². The lowest BCUT2D eigenvalue weighted by Crippen LogP contribution is -2.47. The molecule has 0 bridgehead atoms. The topological polar surface area (TPSA) is 76.4 Å². The normalized spacial score (nSPS) is 15.4. The first-order chi connectivity index (χ1) is 10.7. The molecular formula is C17H29Cl2N3O2. The van der Waals surface area contributed by atoms with Crippen molar-refractivity contribution in [3.63, 3.8) is 0 Å². The molecule has 0 spiro atoms. The fraction of sp³-hybridized carbons (Fsp3) is 0.588. The van der Waals surface area contributed by atoms with Gasteiger partial charge in [0.25, 0.3) is 0 Å². The van der Waals surface area contributed by atoms with Crippen molar-refractivity contribution in [3.05, 3.63) is 24.3 Å². The number of benzene rings is 1. The third-order valence-corrected chi connectivity index (χ3v) is 4.37. The minimum atomic E-state index is -0.0214. The molecule has 0 aliphatic heterocycles. The number of nitrogens with two attached hydrogens (primary N) is 1. The van der Waals surface area contributed by atoms with E-state index in [-0.39, 0.29) is 43.3 Å². The monoisotopic (exact) mass is 377 g/mol. The van der Waals surface area contributed by atoms with Crippen LogP contribution in [0.1, 0.15) is 32.1 Å². The standard InChI is InChI=1S/C17H27N3O2.2ClH/c1-22-16-10-6-5-9-14(16)19-12-17(21)20-15(11-18)13-7-3-2-4-8-13;;/h5-6,9-10,13,15,19H,2-4,7-8,11-12,18H2,1H3,(H,20,21);2*1H. The van der Waals surface area contributed by atoms with Crippen LogP contribution in [-0.4, -0.2) is 32.1 Å². The zero-order chi connectivity index (χ0) is 15.8. The number of carbonyl (C=O) groups is 1. The van der Waals surface area contributed by atoms with Crippen molar-refractivity contribution < 1.29 is 9.53 Å². The van der Waals surface area contributed by atoms with Crippen molar-refractivity contribution in [1.29, 1.82) is 0 Å². The van der Waals surface area contributed by atoms with Gasteiger partial charge in [0, 0.05) is 12.6 Å². The van der Waals surface area contributed by atoms with Crippen LogP contribution in [0.3, 0.4) is 0 Å². The Labute approximate surface area is 156 Å². The highest BCUT2D eigenvalue weighted by atomic mass is 35.5. The van der Waals surface area contributed by atoms with Gasteiger partial charge in [-0.15, -0.1) is 24.8 Å². The third-order valence-electron chi connectivity index (χ3n) is 4.37. The van der Waals surface area contributed by atoms with Crippen LogP contribution in [0.25, 0.3) is 0 Å². The number of hydrogen-bond acceptors (Lipinski definition) is 4. The van der Waals surface area contributed by atoms with Crippen LogP contribution in [0, 0.1) is 5.92 Å². The Bertz CT molecular complexity index is 483. The number of nitrogens with one attached hydrogen (secondary N) is 2. The van der Waals surface area contributed by atoms with Gasteiger partial charge in [-0.1, -0.05) is 31.4 Å². The summed E-state index contributed by atoms with van der Waals surface area (Å²) in [6.07, 6.45) is 6.13. The van der Waals surface area contributed by atoms with Crippen molar-refractivity contribution in [1.82, 2.24) is 5.32 Å². The first-order valence-corrected chi connectivity index (χ1v) is 8.11. The maximum absolute atomic E-state index is 12.2. The lowest BCUT2D eigenvalue weighted by atomic mass is 9.84. The number of anilines is 1. The summed E-state index contributed by atoms with van der Waals surface area (Å²) in [5, 5.41) is 6.20. The average Bonchev–Trinajstić information content (AvgIpc) is 2.58. The molecule has 5 nitrogen and oxygen atoms in total. The van der Waals surface area contributed by atoms with E-state index in [4.69, 9.17) is 10.5 Å². The molecule has 1 aliphatic rings. The second-order valence-corrected chi connectivity index (χ2v) is 5.86. The van der Waals surface area contributed by atoms with Crippen LogP contribution < -0.4 is 21.1 Å². The predicted molar refractivity (Wildman–Crippen MR) is 104 cm³/mol. The fourth-order valence-electron chi connectivity index (χ4n) is 3.13. The van der Waals surface area contributed by atoms with Gasteiger partial charge in [-0.25, -0.2) is 0 Å². The fourth-order valence-corrected chi connectivity index (χ4v) is 3.13. The summed E-state index contributed by atoms with van der Waals surface area (Å²) in [6.45, 7) is 0.731. The molecule has 138 valence electrons. The SMILES string of the molecule is COc1ccccc1NCC(=O)NC(CN)C1CCCCC1.Cl.Cl. The molecule has 0 aromatic heterocycles. The highest BCUT2D eigenvalue weighted by molar-refractivity contribution is 5.85. The highest BCUT2D eigenvalue weighted by Crippen LogP contribution is 2.26. The zero-order valence-corrected chi connectivity index (χ0v) is 15.8. The number of halogens is 2. The van der Waals surface area contributed by atoms with Gasteiger partial charge < -0.3 is 21.1 Å². The number of methoxy groups -OCH3 is 1. The van der Waals surface area contributed by atoms with E-state index in [1.54, 1.807) is 7.11 Å². The predicted octanol–water partition coefficient (Wildman–Crippen LogP) is 2.97. The second-order valence-electron chi connectivity index (χ2n) is 5.86. The van der Waals surface area contributed by atoms with Crippen molar-refractivity contribution in [2.75, 3.05) is 25.5 Å². The molecule has 1 fully saturated rings. The van der Waals surface area contributed by atoms with E-state index in [0.29, 0.717) is 12.5 Å². The minimum Gasteiger partial charge on any atom is -0.495 e. The molecule has 1 aromatic rings. The molecule has 4 N–H and O–H groups in total. The van der Waals surface area contributed by atoms with Gasteiger partial charge in [-0.2, -0.15) is 0 Å². The van der Waals surface area contributed by atoms with Crippen LogP contribution >= 0.6 is 24.8 Å². The molecule has 1 aliphatic carbocycles. The quantitative estimate of drug-likeness (QED) is 0.682. The van der Waals surface area contributed by atoms with E-state index >= 15 is 0 Å². The van der Waals surface area contributed by atoms with E-state index in [2.05, 4.69) is 10.6 Å². The lowest BCUT2D eigenvalue weighted by Gasteiger charge is -2.30. The number of ether oxygens (including phenoxy) is 1. The maximum atomic E-state index is 12.2. The van der Waals surface area contributed by atoms with Gasteiger partial charge >= 0.3 is 0 Å². The molecule has 1 aromatic carbocycles.